The molecule has 0 aliphatic carbocycles. The molecule has 2 atom stereocenters. The number of hydrogen-bond donors (Lipinski definition) is 2. The summed E-state index contributed by atoms with van der Waals surface area (Å²) >= 11 is 0. The molecule has 4 heteroatoms. The van der Waals surface area contributed by atoms with E-state index in [1.807, 2.05) is 34.6 Å². The normalized spacial score (nSPS) is 28.6. The first kappa shape index (κ1) is 12.0. The van der Waals surface area contributed by atoms with Crippen molar-refractivity contribution in [1.82, 2.24) is 10.6 Å². The molecular formula is C11H20N2O2. The Kier molecular flexibility index (Phi) is 2.81. The second-order valence-electron chi connectivity index (χ2n) is 5.28. The minimum atomic E-state index is -0.779. The predicted octanol–water partition coefficient (Wildman–Crippen LogP) is 1.66. The lowest BCUT2D eigenvalue weighted by atomic mass is 9.66. The van der Waals surface area contributed by atoms with Gasteiger partial charge in [-0.05, 0) is 11.3 Å². The summed E-state index contributed by atoms with van der Waals surface area (Å²) in [5.41, 5.74) is -1.07. The SMILES string of the molecule is CCC(C)C1(C(C)(C)C)NC(=O)NC1=O. The van der Waals surface area contributed by atoms with Crippen molar-refractivity contribution < 1.29 is 9.59 Å². The van der Waals surface area contributed by atoms with Crippen molar-refractivity contribution in [2.75, 3.05) is 0 Å². The molecule has 0 aromatic carbocycles. The molecule has 0 saturated carbocycles. The smallest absolute Gasteiger partial charge is 0.322 e. The molecule has 0 aromatic heterocycles. The van der Waals surface area contributed by atoms with E-state index in [-0.39, 0.29) is 23.3 Å². The average Bonchev–Trinajstić information content (AvgIpc) is 2.39. The summed E-state index contributed by atoms with van der Waals surface area (Å²) in [5.74, 6) is -0.0849. The third-order valence-corrected chi connectivity index (χ3v) is 3.43. The van der Waals surface area contributed by atoms with Crippen molar-refractivity contribution in [2.45, 2.75) is 46.6 Å². The van der Waals surface area contributed by atoms with Gasteiger partial charge in [-0.25, -0.2) is 4.79 Å². The molecule has 1 saturated heterocycles. The van der Waals surface area contributed by atoms with E-state index in [0.717, 1.165) is 6.42 Å². The van der Waals surface area contributed by atoms with E-state index >= 15 is 0 Å². The van der Waals surface area contributed by atoms with Gasteiger partial charge in [-0.3, -0.25) is 10.1 Å². The van der Waals surface area contributed by atoms with Gasteiger partial charge in [-0.15, -0.1) is 0 Å². The number of carbonyl (C=O) groups is 2. The maximum Gasteiger partial charge on any atom is 0.322 e. The van der Waals surface area contributed by atoms with Crippen LogP contribution in [0.2, 0.25) is 0 Å². The Morgan fingerprint density at radius 1 is 1.33 bits per heavy atom. The molecule has 0 bridgehead atoms. The fourth-order valence-corrected chi connectivity index (χ4v) is 2.39. The second-order valence-corrected chi connectivity index (χ2v) is 5.28. The van der Waals surface area contributed by atoms with Crippen LogP contribution in [0.3, 0.4) is 0 Å². The molecule has 1 heterocycles. The average molecular weight is 212 g/mol. The standard InChI is InChI=1S/C11H20N2O2/c1-6-7(2)11(10(3,4)5)8(14)12-9(15)13-11/h7H,6H2,1-5H3,(H2,12,13,14,15). The van der Waals surface area contributed by atoms with Gasteiger partial charge in [0.1, 0.15) is 5.54 Å². The largest absolute Gasteiger partial charge is 0.322 e. The molecule has 1 fully saturated rings. The van der Waals surface area contributed by atoms with Crippen LogP contribution in [0.25, 0.3) is 0 Å². The number of rotatable bonds is 2. The summed E-state index contributed by atoms with van der Waals surface area (Å²) in [6.07, 6.45) is 0.852. The third kappa shape index (κ3) is 1.62. The number of urea groups is 1. The summed E-state index contributed by atoms with van der Waals surface area (Å²) < 4.78 is 0. The fourth-order valence-electron chi connectivity index (χ4n) is 2.39. The zero-order valence-electron chi connectivity index (χ0n) is 10.1. The van der Waals surface area contributed by atoms with Crippen molar-refractivity contribution in [3.05, 3.63) is 0 Å². The van der Waals surface area contributed by atoms with Gasteiger partial charge < -0.3 is 5.32 Å². The summed E-state index contributed by atoms with van der Waals surface area (Å²) in [6, 6.07) is -0.379. The van der Waals surface area contributed by atoms with Crippen LogP contribution in [0.4, 0.5) is 4.79 Å². The first-order chi connectivity index (χ1) is 6.75. The van der Waals surface area contributed by atoms with E-state index in [1.165, 1.54) is 0 Å². The topological polar surface area (TPSA) is 58.2 Å². The van der Waals surface area contributed by atoms with E-state index in [0.29, 0.717) is 0 Å². The highest BCUT2D eigenvalue weighted by Gasteiger charge is 2.56. The molecule has 0 radical (unpaired) electrons. The Morgan fingerprint density at radius 3 is 2.13 bits per heavy atom. The van der Waals surface area contributed by atoms with E-state index in [4.69, 9.17) is 0 Å². The first-order valence-corrected chi connectivity index (χ1v) is 5.39. The molecule has 15 heavy (non-hydrogen) atoms. The molecule has 1 aliphatic heterocycles. The zero-order chi connectivity index (χ0) is 11.9. The monoisotopic (exact) mass is 212 g/mol. The van der Waals surface area contributed by atoms with Crippen LogP contribution < -0.4 is 10.6 Å². The van der Waals surface area contributed by atoms with Crippen molar-refractivity contribution in [3.8, 4) is 0 Å². The minimum absolute atomic E-state index is 0.115. The molecular weight excluding hydrogens is 192 g/mol. The number of amides is 3. The van der Waals surface area contributed by atoms with E-state index in [1.54, 1.807) is 0 Å². The van der Waals surface area contributed by atoms with Crippen LogP contribution in [-0.4, -0.2) is 17.5 Å². The highest BCUT2D eigenvalue weighted by Crippen LogP contribution is 2.40. The van der Waals surface area contributed by atoms with Gasteiger partial charge in [0.05, 0.1) is 0 Å². The second kappa shape index (κ2) is 3.51. The van der Waals surface area contributed by atoms with Gasteiger partial charge in [0.2, 0.25) is 0 Å². The molecule has 1 aliphatic rings. The van der Waals surface area contributed by atoms with Gasteiger partial charge >= 0.3 is 6.03 Å². The number of nitrogens with one attached hydrogen (secondary N) is 2. The molecule has 86 valence electrons. The Labute approximate surface area is 90.8 Å². The molecule has 2 N–H and O–H groups in total. The molecule has 1 rings (SSSR count). The Balaban J connectivity index is 3.19. The van der Waals surface area contributed by atoms with Crippen LogP contribution in [0.15, 0.2) is 0 Å². The van der Waals surface area contributed by atoms with E-state index < -0.39 is 5.54 Å². The Morgan fingerprint density at radius 2 is 1.87 bits per heavy atom. The Bertz CT molecular complexity index is 293. The van der Waals surface area contributed by atoms with Crippen LogP contribution in [0.5, 0.6) is 0 Å². The number of hydrogen-bond acceptors (Lipinski definition) is 2. The molecule has 0 spiro atoms. The summed E-state index contributed by atoms with van der Waals surface area (Å²) in [7, 11) is 0. The van der Waals surface area contributed by atoms with Crippen LogP contribution in [0, 0.1) is 11.3 Å². The maximum atomic E-state index is 12.0. The van der Waals surface area contributed by atoms with Crippen molar-refractivity contribution >= 4 is 11.9 Å². The van der Waals surface area contributed by atoms with Gasteiger partial charge in [-0.2, -0.15) is 0 Å². The highest BCUT2D eigenvalue weighted by atomic mass is 16.2. The van der Waals surface area contributed by atoms with E-state index in [9.17, 15) is 9.59 Å². The van der Waals surface area contributed by atoms with Gasteiger partial charge in [-0.1, -0.05) is 41.0 Å². The predicted molar refractivity (Wildman–Crippen MR) is 58.3 cm³/mol. The van der Waals surface area contributed by atoms with Gasteiger partial charge in [0, 0.05) is 0 Å². The first-order valence-electron chi connectivity index (χ1n) is 5.39. The van der Waals surface area contributed by atoms with Gasteiger partial charge in [0.15, 0.2) is 0 Å². The number of carbonyl (C=O) groups excluding carboxylic acids is 2. The quantitative estimate of drug-likeness (QED) is 0.684. The van der Waals surface area contributed by atoms with Crippen LogP contribution >= 0.6 is 0 Å². The molecule has 4 nitrogen and oxygen atoms in total. The van der Waals surface area contributed by atoms with Crippen LogP contribution in [-0.2, 0) is 4.79 Å². The highest BCUT2D eigenvalue weighted by molar-refractivity contribution is 6.07. The Hall–Kier alpha value is -1.06. The zero-order valence-corrected chi connectivity index (χ0v) is 10.1. The third-order valence-electron chi connectivity index (χ3n) is 3.43. The molecule has 0 aromatic rings. The van der Waals surface area contributed by atoms with Crippen molar-refractivity contribution in [2.24, 2.45) is 11.3 Å². The lowest BCUT2D eigenvalue weighted by Crippen LogP contribution is -2.61. The minimum Gasteiger partial charge on any atom is -0.322 e. The van der Waals surface area contributed by atoms with Crippen molar-refractivity contribution in [1.29, 1.82) is 0 Å². The lowest BCUT2D eigenvalue weighted by molar-refractivity contribution is -0.130. The summed E-state index contributed by atoms with van der Waals surface area (Å²) in [4.78, 5) is 23.3. The summed E-state index contributed by atoms with van der Waals surface area (Å²) in [6.45, 7) is 9.95. The number of imide groups is 1. The summed E-state index contributed by atoms with van der Waals surface area (Å²) in [5, 5.41) is 5.15. The van der Waals surface area contributed by atoms with Crippen LogP contribution in [0.1, 0.15) is 41.0 Å². The van der Waals surface area contributed by atoms with E-state index in [2.05, 4.69) is 10.6 Å². The molecule has 2 unspecified atom stereocenters. The maximum absolute atomic E-state index is 12.0. The molecule has 3 amide bonds. The fraction of sp³-hybridized carbons (Fsp3) is 0.818. The van der Waals surface area contributed by atoms with Gasteiger partial charge in [0.25, 0.3) is 5.91 Å². The lowest BCUT2D eigenvalue weighted by Gasteiger charge is -2.43. The van der Waals surface area contributed by atoms with Crippen molar-refractivity contribution in [3.63, 3.8) is 0 Å².